The zero-order valence-corrected chi connectivity index (χ0v) is 15.4. The maximum atomic E-state index is 13.6. The highest BCUT2D eigenvalue weighted by Gasteiger charge is 2.13. The SMILES string of the molecule is Cc1ccc(C)c(C(=O)Nc2nnc(SCc3ccccc3F)s2)c1. The predicted molar refractivity (Wildman–Crippen MR) is 99.7 cm³/mol. The Hall–Kier alpha value is -2.25. The van der Waals surface area contributed by atoms with Crippen LogP contribution in [0.1, 0.15) is 27.0 Å². The molecule has 4 nitrogen and oxygen atoms in total. The maximum Gasteiger partial charge on any atom is 0.257 e. The molecule has 0 aliphatic rings. The van der Waals surface area contributed by atoms with Gasteiger partial charge >= 0.3 is 0 Å². The summed E-state index contributed by atoms with van der Waals surface area (Å²) in [6.45, 7) is 3.84. The van der Waals surface area contributed by atoms with Gasteiger partial charge in [0.2, 0.25) is 5.13 Å². The van der Waals surface area contributed by atoms with Crippen LogP contribution >= 0.6 is 23.1 Å². The Morgan fingerprint density at radius 2 is 2.00 bits per heavy atom. The average Bonchev–Trinajstić information content (AvgIpc) is 3.03. The van der Waals surface area contributed by atoms with Gasteiger partial charge in [-0.3, -0.25) is 10.1 Å². The topological polar surface area (TPSA) is 54.9 Å². The van der Waals surface area contributed by atoms with E-state index in [1.54, 1.807) is 18.2 Å². The number of aryl methyl sites for hydroxylation is 2. The van der Waals surface area contributed by atoms with Crippen molar-refractivity contribution in [3.8, 4) is 0 Å². The number of carbonyl (C=O) groups is 1. The molecule has 128 valence electrons. The largest absolute Gasteiger partial charge is 0.296 e. The minimum absolute atomic E-state index is 0.206. The summed E-state index contributed by atoms with van der Waals surface area (Å²) in [5.74, 6) is 0.0256. The van der Waals surface area contributed by atoms with E-state index < -0.39 is 0 Å². The van der Waals surface area contributed by atoms with Gasteiger partial charge in [0, 0.05) is 11.3 Å². The van der Waals surface area contributed by atoms with Gasteiger partial charge in [0.05, 0.1) is 0 Å². The van der Waals surface area contributed by atoms with Crippen molar-refractivity contribution in [2.24, 2.45) is 0 Å². The lowest BCUT2D eigenvalue weighted by Crippen LogP contribution is -2.13. The Kier molecular flexibility index (Phi) is 5.45. The van der Waals surface area contributed by atoms with Crippen LogP contribution in [0.15, 0.2) is 46.8 Å². The molecule has 3 rings (SSSR count). The fraction of sp³-hybridized carbons (Fsp3) is 0.167. The number of benzene rings is 2. The van der Waals surface area contributed by atoms with Crippen molar-refractivity contribution < 1.29 is 9.18 Å². The van der Waals surface area contributed by atoms with Crippen LogP contribution in [0.2, 0.25) is 0 Å². The number of carbonyl (C=O) groups excluding carboxylic acids is 1. The quantitative estimate of drug-likeness (QED) is 0.514. The van der Waals surface area contributed by atoms with Gasteiger partial charge in [0.15, 0.2) is 4.34 Å². The van der Waals surface area contributed by atoms with Crippen molar-refractivity contribution in [2.45, 2.75) is 23.9 Å². The molecule has 0 aliphatic carbocycles. The van der Waals surface area contributed by atoms with Crippen LogP contribution in [0.5, 0.6) is 0 Å². The average molecular weight is 373 g/mol. The number of amides is 1. The minimum Gasteiger partial charge on any atom is -0.296 e. The van der Waals surface area contributed by atoms with E-state index in [0.717, 1.165) is 11.1 Å². The molecule has 2 aromatic carbocycles. The van der Waals surface area contributed by atoms with E-state index >= 15 is 0 Å². The predicted octanol–water partition coefficient (Wildman–Crippen LogP) is 4.84. The summed E-state index contributed by atoms with van der Waals surface area (Å²) in [5.41, 5.74) is 3.16. The summed E-state index contributed by atoms with van der Waals surface area (Å²) >= 11 is 2.67. The van der Waals surface area contributed by atoms with E-state index in [4.69, 9.17) is 0 Å². The molecule has 7 heteroatoms. The van der Waals surface area contributed by atoms with E-state index in [1.807, 2.05) is 32.0 Å². The minimum atomic E-state index is -0.233. The number of thioether (sulfide) groups is 1. The van der Waals surface area contributed by atoms with Crippen LogP contribution in [0.25, 0.3) is 0 Å². The van der Waals surface area contributed by atoms with Gasteiger partial charge in [-0.2, -0.15) is 0 Å². The van der Waals surface area contributed by atoms with Crippen LogP contribution in [0.4, 0.5) is 9.52 Å². The monoisotopic (exact) mass is 373 g/mol. The van der Waals surface area contributed by atoms with Crippen molar-refractivity contribution in [1.29, 1.82) is 0 Å². The fourth-order valence-corrected chi connectivity index (χ4v) is 3.95. The molecular weight excluding hydrogens is 357 g/mol. The fourth-order valence-electron chi connectivity index (χ4n) is 2.22. The Morgan fingerprint density at radius 3 is 2.80 bits per heavy atom. The molecule has 1 amide bonds. The highest BCUT2D eigenvalue weighted by molar-refractivity contribution is 8.00. The van der Waals surface area contributed by atoms with Crippen molar-refractivity contribution in [3.05, 3.63) is 70.5 Å². The molecule has 0 unspecified atom stereocenters. The summed E-state index contributed by atoms with van der Waals surface area (Å²) in [6.07, 6.45) is 0. The molecule has 0 saturated heterocycles. The maximum absolute atomic E-state index is 13.6. The standard InChI is InChI=1S/C18H16FN3OS2/c1-11-7-8-12(2)14(9-11)16(23)20-17-21-22-18(25-17)24-10-13-5-3-4-6-15(13)19/h3-9H,10H2,1-2H3,(H,20,21,23). The van der Waals surface area contributed by atoms with E-state index in [9.17, 15) is 9.18 Å². The van der Waals surface area contributed by atoms with Crippen LogP contribution in [-0.4, -0.2) is 16.1 Å². The molecule has 0 radical (unpaired) electrons. The molecule has 0 fully saturated rings. The van der Waals surface area contributed by atoms with Crippen molar-refractivity contribution in [1.82, 2.24) is 10.2 Å². The summed E-state index contributed by atoms with van der Waals surface area (Å²) in [5, 5.41) is 11.2. The molecule has 0 aliphatic heterocycles. The number of nitrogens with zero attached hydrogens (tertiary/aromatic N) is 2. The van der Waals surface area contributed by atoms with Gasteiger partial charge in [0.25, 0.3) is 5.91 Å². The first-order valence-corrected chi connectivity index (χ1v) is 9.41. The van der Waals surface area contributed by atoms with Crippen molar-refractivity contribution in [2.75, 3.05) is 5.32 Å². The lowest BCUT2D eigenvalue weighted by atomic mass is 10.1. The van der Waals surface area contributed by atoms with Gasteiger partial charge in [-0.25, -0.2) is 4.39 Å². The van der Waals surface area contributed by atoms with Gasteiger partial charge < -0.3 is 0 Å². The zero-order valence-electron chi connectivity index (χ0n) is 13.7. The molecule has 0 saturated carbocycles. The molecule has 1 N–H and O–H groups in total. The number of anilines is 1. The van der Waals surface area contributed by atoms with Crippen LogP contribution in [-0.2, 0) is 5.75 Å². The number of nitrogens with one attached hydrogen (secondary N) is 1. The molecule has 1 heterocycles. The number of hydrogen-bond acceptors (Lipinski definition) is 5. The third-order valence-corrected chi connectivity index (χ3v) is 5.59. The summed E-state index contributed by atoms with van der Waals surface area (Å²) in [4.78, 5) is 12.4. The first-order chi connectivity index (χ1) is 12.0. The summed E-state index contributed by atoms with van der Waals surface area (Å²) < 4.78 is 14.3. The molecule has 0 atom stereocenters. The number of aromatic nitrogens is 2. The number of halogens is 1. The Bertz CT molecular complexity index is 911. The molecular formula is C18H16FN3OS2. The van der Waals surface area contributed by atoms with Crippen LogP contribution in [0.3, 0.4) is 0 Å². The lowest BCUT2D eigenvalue weighted by Gasteiger charge is -2.05. The second kappa shape index (κ2) is 7.76. The number of rotatable bonds is 5. The first kappa shape index (κ1) is 17.6. The molecule has 0 spiro atoms. The molecule has 3 aromatic rings. The van der Waals surface area contributed by atoms with E-state index in [2.05, 4.69) is 15.5 Å². The highest BCUT2D eigenvalue weighted by atomic mass is 32.2. The van der Waals surface area contributed by atoms with Gasteiger partial charge in [-0.1, -0.05) is 59.0 Å². The van der Waals surface area contributed by atoms with E-state index in [-0.39, 0.29) is 11.7 Å². The second-order valence-electron chi connectivity index (χ2n) is 5.53. The Morgan fingerprint density at radius 1 is 1.20 bits per heavy atom. The van der Waals surface area contributed by atoms with Crippen molar-refractivity contribution >= 4 is 34.1 Å². The Labute approximate surface area is 153 Å². The van der Waals surface area contributed by atoms with Gasteiger partial charge in [-0.15, -0.1) is 10.2 Å². The normalized spacial score (nSPS) is 10.7. The summed E-state index contributed by atoms with van der Waals surface area (Å²) in [7, 11) is 0. The third kappa shape index (κ3) is 4.43. The highest BCUT2D eigenvalue weighted by Crippen LogP contribution is 2.29. The van der Waals surface area contributed by atoms with Crippen LogP contribution in [0, 0.1) is 19.7 Å². The first-order valence-electron chi connectivity index (χ1n) is 7.61. The molecule has 25 heavy (non-hydrogen) atoms. The van der Waals surface area contributed by atoms with Crippen molar-refractivity contribution in [3.63, 3.8) is 0 Å². The second-order valence-corrected chi connectivity index (χ2v) is 7.73. The van der Waals surface area contributed by atoms with E-state index in [1.165, 1.54) is 29.2 Å². The van der Waals surface area contributed by atoms with Gasteiger partial charge in [-0.05, 0) is 37.1 Å². The summed E-state index contributed by atoms with van der Waals surface area (Å²) in [6, 6.07) is 12.4. The molecule has 1 aromatic heterocycles. The zero-order chi connectivity index (χ0) is 17.8. The molecule has 0 bridgehead atoms. The smallest absolute Gasteiger partial charge is 0.257 e. The van der Waals surface area contributed by atoms with Crippen LogP contribution < -0.4 is 5.32 Å². The van der Waals surface area contributed by atoms with E-state index in [0.29, 0.717) is 26.4 Å². The lowest BCUT2D eigenvalue weighted by molar-refractivity contribution is 0.102. The number of hydrogen-bond donors (Lipinski definition) is 1. The third-order valence-electron chi connectivity index (χ3n) is 3.57. The van der Waals surface area contributed by atoms with Gasteiger partial charge in [0.1, 0.15) is 5.82 Å². The Balaban J connectivity index is 1.64.